The predicted molar refractivity (Wildman–Crippen MR) is 80.9 cm³/mol. The molecule has 1 heteroatoms. The van der Waals surface area contributed by atoms with Crippen LogP contribution in [0.5, 0.6) is 0 Å². The molecule has 0 aromatic rings. The zero-order chi connectivity index (χ0) is 13.5. The molecule has 110 valence electrons. The summed E-state index contributed by atoms with van der Waals surface area (Å²) in [5.41, 5.74) is 0. The molecule has 0 nitrogen and oxygen atoms in total. The van der Waals surface area contributed by atoms with E-state index in [1.807, 2.05) is 0 Å². The quantitative estimate of drug-likeness (QED) is 0.300. The smallest absolute Gasteiger partial charge is 0.100 e. The number of hydrogen-bond donors (Lipinski definition) is 0. The Balaban J connectivity index is 3.02. The Labute approximate surface area is 115 Å². The summed E-state index contributed by atoms with van der Waals surface area (Å²) < 4.78 is 13.3. The van der Waals surface area contributed by atoms with Gasteiger partial charge < -0.3 is 0 Å². The summed E-state index contributed by atoms with van der Waals surface area (Å²) >= 11 is 0. The highest BCUT2D eigenvalue weighted by Crippen LogP contribution is 2.15. The molecule has 0 rings (SSSR count). The number of halogens is 1. The molecule has 0 aromatic carbocycles. The molecule has 0 radical (unpaired) electrons. The van der Waals surface area contributed by atoms with Gasteiger partial charge in [0.05, 0.1) is 0 Å². The van der Waals surface area contributed by atoms with Gasteiger partial charge in [-0.2, -0.15) is 0 Å². The first-order chi connectivity index (χ1) is 8.81. The third-order valence-corrected chi connectivity index (χ3v) is 3.74. The number of hydrogen-bond acceptors (Lipinski definition) is 0. The highest BCUT2D eigenvalue weighted by atomic mass is 19.1. The summed E-state index contributed by atoms with van der Waals surface area (Å²) in [6, 6.07) is 0. The summed E-state index contributed by atoms with van der Waals surface area (Å²) in [7, 11) is 0. The van der Waals surface area contributed by atoms with E-state index in [9.17, 15) is 4.39 Å². The summed E-state index contributed by atoms with van der Waals surface area (Å²) in [6.45, 7) is 4.39. The Hall–Kier alpha value is -0.0700. The van der Waals surface area contributed by atoms with Gasteiger partial charge >= 0.3 is 0 Å². The van der Waals surface area contributed by atoms with E-state index in [1.54, 1.807) is 0 Å². The first kappa shape index (κ1) is 17.9. The van der Waals surface area contributed by atoms with Crippen molar-refractivity contribution in [1.29, 1.82) is 0 Å². The summed E-state index contributed by atoms with van der Waals surface area (Å²) in [6.07, 6.45) is 16.6. The van der Waals surface area contributed by atoms with E-state index in [2.05, 4.69) is 13.8 Å². The summed E-state index contributed by atoms with van der Waals surface area (Å²) in [4.78, 5) is 0. The molecule has 0 heterocycles. The van der Waals surface area contributed by atoms with Crippen LogP contribution >= 0.6 is 0 Å². The van der Waals surface area contributed by atoms with Crippen molar-refractivity contribution in [2.45, 2.75) is 110 Å². The van der Waals surface area contributed by atoms with Crippen molar-refractivity contribution in [2.75, 3.05) is 0 Å². The molecule has 0 aliphatic rings. The Bertz CT molecular complexity index is 145. The Morgan fingerprint density at radius 2 is 0.944 bits per heavy atom. The molecule has 0 saturated carbocycles. The molecular formula is C17H35F. The van der Waals surface area contributed by atoms with Gasteiger partial charge in [-0.05, 0) is 12.8 Å². The number of unbranched alkanes of at least 4 members (excludes halogenated alkanes) is 10. The van der Waals surface area contributed by atoms with Crippen molar-refractivity contribution in [3.63, 3.8) is 0 Å². The lowest BCUT2D eigenvalue weighted by molar-refractivity contribution is 0.281. The highest BCUT2D eigenvalue weighted by molar-refractivity contribution is 4.57. The van der Waals surface area contributed by atoms with Crippen molar-refractivity contribution in [2.24, 2.45) is 0 Å². The van der Waals surface area contributed by atoms with Crippen molar-refractivity contribution in [1.82, 2.24) is 0 Å². The standard InChI is InChI=1S/C17H35F/c1-3-5-7-8-9-10-11-12-13-14-16-17(18)15-6-4-2/h17H,3-16H2,1-2H3. The van der Waals surface area contributed by atoms with Gasteiger partial charge in [0.25, 0.3) is 0 Å². The summed E-state index contributed by atoms with van der Waals surface area (Å²) in [5, 5.41) is 0. The Kier molecular flexibility index (Phi) is 14.9. The Morgan fingerprint density at radius 1 is 0.556 bits per heavy atom. The van der Waals surface area contributed by atoms with Crippen molar-refractivity contribution < 1.29 is 4.39 Å². The normalized spacial score (nSPS) is 12.8. The average Bonchev–Trinajstić information content (AvgIpc) is 2.38. The second-order valence-electron chi connectivity index (χ2n) is 5.71. The van der Waals surface area contributed by atoms with E-state index < -0.39 is 6.17 Å². The third kappa shape index (κ3) is 14.0. The zero-order valence-corrected chi connectivity index (χ0v) is 12.9. The van der Waals surface area contributed by atoms with Crippen LogP contribution in [-0.4, -0.2) is 6.17 Å². The summed E-state index contributed by atoms with van der Waals surface area (Å²) in [5.74, 6) is 0. The van der Waals surface area contributed by atoms with Gasteiger partial charge in [0.1, 0.15) is 6.17 Å². The minimum Gasteiger partial charge on any atom is -0.247 e. The monoisotopic (exact) mass is 258 g/mol. The van der Waals surface area contributed by atoms with Crippen LogP contribution in [0.2, 0.25) is 0 Å². The molecule has 0 saturated heterocycles. The molecule has 0 aromatic heterocycles. The first-order valence-corrected chi connectivity index (χ1v) is 8.45. The minimum absolute atomic E-state index is 0.529. The minimum atomic E-state index is -0.529. The van der Waals surface area contributed by atoms with Gasteiger partial charge in [-0.25, -0.2) is 4.39 Å². The molecule has 1 unspecified atom stereocenters. The second-order valence-corrected chi connectivity index (χ2v) is 5.71. The molecule has 0 aliphatic heterocycles. The third-order valence-electron chi connectivity index (χ3n) is 3.74. The lowest BCUT2D eigenvalue weighted by atomic mass is 10.0. The predicted octanol–water partition coefficient (Wildman–Crippen LogP) is 6.83. The van der Waals surface area contributed by atoms with Crippen LogP contribution < -0.4 is 0 Å². The van der Waals surface area contributed by atoms with Crippen LogP contribution in [0.3, 0.4) is 0 Å². The maximum absolute atomic E-state index is 13.3. The second kappa shape index (κ2) is 15.0. The van der Waals surface area contributed by atoms with E-state index in [0.29, 0.717) is 0 Å². The van der Waals surface area contributed by atoms with Crippen molar-refractivity contribution in [3.8, 4) is 0 Å². The lowest BCUT2D eigenvalue weighted by Crippen LogP contribution is -1.99. The fourth-order valence-corrected chi connectivity index (χ4v) is 2.42. The van der Waals surface area contributed by atoms with Crippen LogP contribution in [0.4, 0.5) is 4.39 Å². The van der Waals surface area contributed by atoms with Crippen molar-refractivity contribution in [3.05, 3.63) is 0 Å². The van der Waals surface area contributed by atoms with E-state index in [4.69, 9.17) is 0 Å². The maximum Gasteiger partial charge on any atom is 0.100 e. The molecule has 18 heavy (non-hydrogen) atoms. The van der Waals surface area contributed by atoms with Gasteiger partial charge in [0.15, 0.2) is 0 Å². The molecular weight excluding hydrogens is 223 g/mol. The first-order valence-electron chi connectivity index (χ1n) is 8.45. The van der Waals surface area contributed by atoms with E-state index in [1.165, 1.54) is 57.8 Å². The molecule has 0 bridgehead atoms. The fraction of sp³-hybridized carbons (Fsp3) is 1.00. The average molecular weight is 258 g/mol. The van der Waals surface area contributed by atoms with Gasteiger partial charge in [0.2, 0.25) is 0 Å². The van der Waals surface area contributed by atoms with Gasteiger partial charge in [-0.1, -0.05) is 90.9 Å². The molecule has 0 N–H and O–H groups in total. The zero-order valence-electron chi connectivity index (χ0n) is 12.9. The molecule has 0 aliphatic carbocycles. The van der Waals surface area contributed by atoms with Crippen LogP contribution in [0, 0.1) is 0 Å². The van der Waals surface area contributed by atoms with Gasteiger partial charge in [-0.15, -0.1) is 0 Å². The molecule has 0 fully saturated rings. The largest absolute Gasteiger partial charge is 0.247 e. The molecule has 0 amide bonds. The van der Waals surface area contributed by atoms with Crippen LogP contribution in [0.25, 0.3) is 0 Å². The molecule has 0 spiro atoms. The van der Waals surface area contributed by atoms with Gasteiger partial charge in [-0.3, -0.25) is 0 Å². The SMILES string of the molecule is CCCCCCCCCCCCC(F)CCCC. The van der Waals surface area contributed by atoms with Crippen LogP contribution in [-0.2, 0) is 0 Å². The van der Waals surface area contributed by atoms with Crippen LogP contribution in [0.1, 0.15) is 104 Å². The van der Waals surface area contributed by atoms with Gasteiger partial charge in [0, 0.05) is 0 Å². The maximum atomic E-state index is 13.3. The van der Waals surface area contributed by atoms with Crippen molar-refractivity contribution >= 4 is 0 Å². The topological polar surface area (TPSA) is 0 Å². The lowest BCUT2D eigenvalue weighted by Gasteiger charge is -2.07. The van der Waals surface area contributed by atoms with E-state index in [0.717, 1.165) is 32.1 Å². The fourth-order valence-electron chi connectivity index (χ4n) is 2.42. The Morgan fingerprint density at radius 3 is 1.44 bits per heavy atom. The molecule has 1 atom stereocenters. The van der Waals surface area contributed by atoms with Crippen LogP contribution in [0.15, 0.2) is 0 Å². The highest BCUT2D eigenvalue weighted by Gasteiger charge is 2.04. The number of alkyl halides is 1. The van der Waals surface area contributed by atoms with E-state index >= 15 is 0 Å². The van der Waals surface area contributed by atoms with E-state index in [-0.39, 0.29) is 0 Å². The number of rotatable bonds is 14.